The molecular formula is C47H57N4O13+. The molecule has 0 spiro atoms. The summed E-state index contributed by atoms with van der Waals surface area (Å²) in [5, 5.41) is 83.0. The van der Waals surface area contributed by atoms with E-state index in [2.05, 4.69) is 22.5 Å². The Bertz CT molecular complexity index is 2580. The number of aliphatic hydroxyl groups is 5. The second-order valence-electron chi connectivity index (χ2n) is 17.6. The summed E-state index contributed by atoms with van der Waals surface area (Å²) in [7, 11) is 1.81. The maximum Gasteiger partial charge on any atom is 0.222 e. The number of aliphatic hydroxyl groups excluding tert-OH is 4. The molecule has 342 valence electrons. The fraction of sp³-hybridized carbons (Fsp3) is 0.468. The first kappa shape index (κ1) is 45.4. The summed E-state index contributed by atoms with van der Waals surface area (Å²) in [6.07, 6.45) is 0.965. The number of rotatable bonds is 18. The highest BCUT2D eigenvalue weighted by Crippen LogP contribution is 2.47. The van der Waals surface area contributed by atoms with Crippen molar-refractivity contribution in [1.82, 2.24) is 10.6 Å². The average Bonchev–Trinajstić information content (AvgIpc) is 4.01. The molecule has 1 amide bonds. The third kappa shape index (κ3) is 8.55. The number of nitrogens with one attached hydrogen (secondary N) is 3. The van der Waals surface area contributed by atoms with E-state index in [0.717, 1.165) is 22.6 Å². The largest absolute Gasteiger partial charge is 0.508 e. The Kier molecular flexibility index (Phi) is 13.0. The van der Waals surface area contributed by atoms with Gasteiger partial charge in [-0.1, -0.05) is 13.0 Å². The van der Waals surface area contributed by atoms with Crippen LogP contribution in [-0.2, 0) is 27.4 Å². The Morgan fingerprint density at radius 2 is 1.88 bits per heavy atom. The lowest BCUT2D eigenvalue weighted by atomic mass is 9.79. The van der Waals surface area contributed by atoms with E-state index in [4.69, 9.17) is 18.9 Å². The van der Waals surface area contributed by atoms with Crippen molar-refractivity contribution < 1.29 is 64.4 Å². The summed E-state index contributed by atoms with van der Waals surface area (Å²) in [5.41, 5.74) is 0.0708. The number of aromatic hydroxyl groups is 2. The van der Waals surface area contributed by atoms with E-state index in [1.54, 1.807) is 19.2 Å². The molecular weight excluding hydrogens is 829 g/mol. The molecule has 0 aliphatic carbocycles. The lowest BCUT2D eigenvalue weighted by Gasteiger charge is -2.45. The van der Waals surface area contributed by atoms with Crippen molar-refractivity contribution in [3.63, 3.8) is 0 Å². The highest BCUT2D eigenvalue weighted by atomic mass is 17.2. The van der Waals surface area contributed by atoms with Crippen LogP contribution >= 0.6 is 0 Å². The van der Waals surface area contributed by atoms with Gasteiger partial charge in [0.25, 0.3) is 0 Å². The van der Waals surface area contributed by atoms with E-state index in [1.807, 2.05) is 19.3 Å². The SMILES string of the molecule is CCC1C2=CC=NC2=C[NH+]1c1c2c(cc3c(=O)cc(C)oc13)C[C@@H](OOC[C@@](O)(Cc1ccc(O)c3ccc(O)cc13)[C@@H](O)[C@H](O)[C@H](O)CO)[C@@](CCNC)(CC[C@@H]1CNC(=O)C1)O2. The number of carbonyl (C=O) groups excluding carboxylic acids is 1. The molecule has 0 radical (unpaired) electrons. The van der Waals surface area contributed by atoms with Crippen molar-refractivity contribution in [3.05, 3.63) is 93.1 Å². The number of phenols is 2. The molecule has 2 unspecified atom stereocenters. The number of aliphatic imine (C=N–C) groups is 1. The molecule has 4 aromatic rings. The first-order valence-electron chi connectivity index (χ1n) is 21.8. The van der Waals surface area contributed by atoms with E-state index in [1.165, 1.54) is 36.4 Å². The van der Waals surface area contributed by atoms with Crippen LogP contribution in [0, 0.1) is 12.8 Å². The first-order chi connectivity index (χ1) is 30.7. The fourth-order valence-electron chi connectivity index (χ4n) is 9.79. The Morgan fingerprint density at radius 1 is 1.06 bits per heavy atom. The number of amides is 1. The lowest BCUT2D eigenvalue weighted by molar-refractivity contribution is -0.793. The number of aryl methyl sites for hydroxylation is 1. The minimum absolute atomic E-state index is 0.00380. The van der Waals surface area contributed by atoms with Gasteiger partial charge in [-0.2, -0.15) is 0 Å². The van der Waals surface area contributed by atoms with Crippen LogP contribution in [0.1, 0.15) is 55.9 Å². The molecule has 3 aromatic carbocycles. The minimum Gasteiger partial charge on any atom is -0.508 e. The molecule has 1 fully saturated rings. The third-order valence-electron chi connectivity index (χ3n) is 13.3. The second-order valence-corrected chi connectivity index (χ2v) is 17.6. The number of ether oxygens (including phenoxy) is 1. The molecule has 10 N–H and O–H groups in total. The van der Waals surface area contributed by atoms with Gasteiger partial charge in [-0.05, 0) is 86.6 Å². The van der Waals surface area contributed by atoms with Gasteiger partial charge in [-0.3, -0.25) is 19.5 Å². The molecule has 5 heterocycles. The lowest BCUT2D eigenvalue weighted by Crippen LogP contribution is -3.05. The maximum atomic E-state index is 13.8. The Hall–Kier alpha value is -5.21. The summed E-state index contributed by atoms with van der Waals surface area (Å²) >= 11 is 0. The molecule has 0 saturated carbocycles. The topological polar surface area (TPSA) is 257 Å². The predicted molar refractivity (Wildman–Crippen MR) is 234 cm³/mol. The van der Waals surface area contributed by atoms with Crippen LogP contribution in [0.2, 0.25) is 0 Å². The monoisotopic (exact) mass is 885 g/mol. The number of quaternary nitrogens is 1. The molecule has 1 saturated heterocycles. The highest BCUT2D eigenvalue weighted by molar-refractivity contribution is 5.92. The number of carbonyl (C=O) groups is 1. The van der Waals surface area contributed by atoms with Crippen molar-refractivity contribution in [2.75, 3.05) is 33.4 Å². The summed E-state index contributed by atoms with van der Waals surface area (Å²) in [6, 6.07) is 10.3. The fourth-order valence-corrected chi connectivity index (χ4v) is 9.79. The zero-order valence-corrected chi connectivity index (χ0v) is 36.0. The van der Waals surface area contributed by atoms with Crippen LogP contribution in [0.4, 0.5) is 5.69 Å². The Balaban J connectivity index is 1.21. The predicted octanol–water partition coefficient (Wildman–Crippen LogP) is 1.39. The van der Waals surface area contributed by atoms with Gasteiger partial charge in [0.2, 0.25) is 17.2 Å². The van der Waals surface area contributed by atoms with Crippen molar-refractivity contribution in [1.29, 1.82) is 0 Å². The number of hydrogen-bond acceptors (Lipinski definition) is 15. The molecule has 8 rings (SSSR count). The van der Waals surface area contributed by atoms with Gasteiger partial charge in [-0.25, -0.2) is 9.78 Å². The van der Waals surface area contributed by atoms with Gasteiger partial charge in [0.15, 0.2) is 11.2 Å². The summed E-state index contributed by atoms with van der Waals surface area (Å²) in [6.45, 7) is 3.06. The van der Waals surface area contributed by atoms with Crippen LogP contribution in [0.15, 0.2) is 80.2 Å². The first-order valence-corrected chi connectivity index (χ1v) is 21.8. The molecule has 17 heteroatoms. The number of fused-ring (bicyclic) bond motifs is 4. The van der Waals surface area contributed by atoms with Crippen LogP contribution in [0.25, 0.3) is 21.7 Å². The number of allylic oxidation sites excluding steroid dienone is 1. The summed E-state index contributed by atoms with van der Waals surface area (Å²) in [5.74, 6) is 0.687. The number of benzene rings is 3. The molecule has 1 aromatic heterocycles. The molecule has 0 bridgehead atoms. The van der Waals surface area contributed by atoms with Gasteiger partial charge in [0.1, 0.15) is 77.4 Å². The van der Waals surface area contributed by atoms with Crippen LogP contribution in [0.5, 0.6) is 17.2 Å². The van der Waals surface area contributed by atoms with E-state index in [0.29, 0.717) is 88.8 Å². The van der Waals surface area contributed by atoms with Crippen molar-refractivity contribution in [2.24, 2.45) is 10.9 Å². The summed E-state index contributed by atoms with van der Waals surface area (Å²) < 4.78 is 13.8. The Labute approximate surface area is 368 Å². The smallest absolute Gasteiger partial charge is 0.222 e. The number of nitrogens with zero attached hydrogens (tertiary/aromatic N) is 1. The zero-order chi connectivity index (χ0) is 45.5. The zero-order valence-electron chi connectivity index (χ0n) is 36.0. The van der Waals surface area contributed by atoms with Crippen LogP contribution < -0.4 is 25.7 Å². The van der Waals surface area contributed by atoms with Crippen LogP contribution in [0.3, 0.4) is 0 Å². The van der Waals surface area contributed by atoms with E-state index in [9.17, 15) is 45.3 Å². The van der Waals surface area contributed by atoms with Crippen molar-refractivity contribution in [3.8, 4) is 17.2 Å². The average molecular weight is 886 g/mol. The molecule has 64 heavy (non-hydrogen) atoms. The van der Waals surface area contributed by atoms with E-state index >= 15 is 0 Å². The molecule has 9 atom stereocenters. The van der Waals surface area contributed by atoms with Gasteiger partial charge in [0.05, 0.1) is 12.0 Å². The number of phenolic OH excluding ortho intramolecular Hbond substituents is 2. The normalized spacial score (nSPS) is 25.0. The van der Waals surface area contributed by atoms with Gasteiger partial charge in [0, 0.05) is 67.5 Å². The molecule has 4 aliphatic rings. The van der Waals surface area contributed by atoms with Gasteiger partial charge < -0.3 is 55.5 Å². The van der Waals surface area contributed by atoms with Crippen molar-refractivity contribution in [2.45, 2.75) is 100 Å². The summed E-state index contributed by atoms with van der Waals surface area (Å²) in [4.78, 5) is 44.0. The van der Waals surface area contributed by atoms with Gasteiger partial charge >= 0.3 is 0 Å². The third-order valence-corrected chi connectivity index (χ3v) is 13.3. The molecule has 17 nitrogen and oxygen atoms in total. The molecule has 4 aliphatic heterocycles. The Morgan fingerprint density at radius 3 is 2.61 bits per heavy atom. The van der Waals surface area contributed by atoms with E-state index in [-0.39, 0.29) is 41.2 Å². The van der Waals surface area contributed by atoms with Gasteiger partial charge in [-0.15, -0.1) is 0 Å². The second kappa shape index (κ2) is 18.3. The van der Waals surface area contributed by atoms with Crippen molar-refractivity contribution >= 4 is 39.6 Å². The highest BCUT2D eigenvalue weighted by Gasteiger charge is 2.51. The maximum absolute atomic E-state index is 13.8. The van der Waals surface area contributed by atoms with E-state index < -0.39 is 55.3 Å². The number of hydrogen-bond donors (Lipinski definition) is 10. The van der Waals surface area contributed by atoms with Crippen LogP contribution in [-0.4, -0.2) is 123 Å². The minimum atomic E-state index is -2.42. The standard InChI is InChI=1S/C47H56N4O13/c1-4-35-31-10-13-49-34(31)22-51(35)41-43-28(17-33-37(55)15-25(2)62-44(33)41)18-39(47(63-43,12-14-48-3)11-9-26-16-40(57)50-21-26)64-61-24-46(60,45(59)42(58)38(56)23-52)20-27-5-8-36(54)30-7-6-29(53)19-32(27)30/h5-8,10,13,15,17,19,22,26,35,38-39,42,45,48,52-54,56,58-60H,4,9,11-12,14,16,18,20-21,23-24H2,1-3H3,(H,50,57)/p+1/t26-,35?,38+,39+,42+,45-,46-,47-/m0/s1. The quantitative estimate of drug-likeness (QED) is 0.0501.